The number of anilines is 2. The number of alkyl halides is 12. The van der Waals surface area contributed by atoms with Gasteiger partial charge in [-0.1, -0.05) is 0 Å². The van der Waals surface area contributed by atoms with Gasteiger partial charge in [0.1, 0.15) is 5.75 Å². The Morgan fingerprint density at radius 1 is 0.660 bits per heavy atom. The highest BCUT2D eigenvalue weighted by atomic mass is 19.4. The Bertz CT molecular complexity index is 1130. The number of piperidine rings is 1. The summed E-state index contributed by atoms with van der Waals surface area (Å²) in [4.78, 5) is 43.1. The molecule has 0 aromatic heterocycles. The molecule has 1 aromatic carbocycles. The van der Waals surface area contributed by atoms with Crippen LogP contribution >= 0.6 is 0 Å². The standard InChI is InChI=1S/C17H28N4O.4C2HF3O2/c1-19-9-11-21(12-10-19)14-5-7-20(8-6-14)15-3-4-16(18)17(13-15)22-2;4*3-2(4,5)1(6)7/h3-4,13-14H,5-12,18H2,1-2H3;4*(H,6,7). The highest BCUT2D eigenvalue weighted by Gasteiger charge is 2.40. The van der Waals surface area contributed by atoms with E-state index in [0.29, 0.717) is 5.69 Å². The van der Waals surface area contributed by atoms with Gasteiger partial charge in [0.2, 0.25) is 0 Å². The molecule has 50 heavy (non-hydrogen) atoms. The summed E-state index contributed by atoms with van der Waals surface area (Å²) >= 11 is 0. The number of nitrogens with zero attached hydrogens (tertiary/aromatic N) is 3. The zero-order valence-corrected chi connectivity index (χ0v) is 25.8. The summed E-state index contributed by atoms with van der Waals surface area (Å²) in [5.41, 5.74) is 7.84. The molecule has 0 spiro atoms. The Kier molecular flexibility index (Phi) is 19.4. The number of piperazine rings is 1. The summed E-state index contributed by atoms with van der Waals surface area (Å²) in [6, 6.07) is 6.86. The molecule has 0 radical (unpaired) electrons. The molecule has 2 saturated heterocycles. The van der Waals surface area contributed by atoms with E-state index >= 15 is 0 Å². The number of aliphatic carboxylic acids is 4. The number of nitrogens with two attached hydrogens (primary N) is 1. The molecule has 2 fully saturated rings. The van der Waals surface area contributed by atoms with E-state index in [1.54, 1.807) is 7.11 Å². The first kappa shape index (κ1) is 47.7. The summed E-state index contributed by atoms with van der Waals surface area (Å²) in [6.07, 6.45) is -17.8. The number of hydrogen-bond donors (Lipinski definition) is 5. The monoisotopic (exact) mass is 760 g/mol. The Morgan fingerprint density at radius 2 is 0.980 bits per heavy atom. The van der Waals surface area contributed by atoms with Gasteiger partial charge >= 0.3 is 48.6 Å². The maximum absolute atomic E-state index is 10.6. The fraction of sp³-hybridized carbons (Fsp3) is 0.600. The Morgan fingerprint density at radius 3 is 1.26 bits per heavy atom. The summed E-state index contributed by atoms with van der Waals surface area (Å²) in [6.45, 7) is 7.08. The number of nitrogen functional groups attached to an aromatic ring is 1. The number of likely N-dealkylation sites (N-methyl/N-ethyl adjacent to an activating group) is 1. The average Bonchev–Trinajstić information content (AvgIpc) is 2.97. The van der Waals surface area contributed by atoms with Crippen LogP contribution in [-0.2, 0) is 19.2 Å². The van der Waals surface area contributed by atoms with Crippen molar-refractivity contribution in [1.29, 1.82) is 0 Å². The molecular formula is C25H32F12N4O9. The first-order chi connectivity index (χ1) is 22.4. The van der Waals surface area contributed by atoms with E-state index in [9.17, 15) is 52.7 Å². The van der Waals surface area contributed by atoms with E-state index in [-0.39, 0.29) is 0 Å². The normalized spacial score (nSPS) is 16.0. The van der Waals surface area contributed by atoms with Crippen molar-refractivity contribution in [2.24, 2.45) is 0 Å². The molecule has 2 heterocycles. The molecule has 0 aliphatic carbocycles. The number of hydrogen-bond acceptors (Lipinski definition) is 9. The summed E-state index contributed by atoms with van der Waals surface area (Å²) in [5, 5.41) is 28.5. The molecule has 2 aliphatic rings. The molecule has 1 aromatic rings. The van der Waals surface area contributed by atoms with Crippen LogP contribution < -0.4 is 15.4 Å². The van der Waals surface area contributed by atoms with Crippen molar-refractivity contribution >= 4 is 35.3 Å². The van der Waals surface area contributed by atoms with Gasteiger partial charge in [0.05, 0.1) is 12.8 Å². The fourth-order valence-electron chi connectivity index (χ4n) is 3.57. The quantitative estimate of drug-likeness (QED) is 0.219. The van der Waals surface area contributed by atoms with E-state index < -0.39 is 48.6 Å². The first-order valence-electron chi connectivity index (χ1n) is 13.3. The molecule has 2 aliphatic heterocycles. The first-order valence-corrected chi connectivity index (χ1v) is 13.3. The van der Waals surface area contributed by atoms with Gasteiger partial charge in [0, 0.05) is 57.1 Å². The highest BCUT2D eigenvalue weighted by Crippen LogP contribution is 2.30. The third kappa shape index (κ3) is 20.2. The van der Waals surface area contributed by atoms with Gasteiger partial charge in [0.15, 0.2) is 0 Å². The van der Waals surface area contributed by atoms with E-state index in [0.717, 1.165) is 24.9 Å². The van der Waals surface area contributed by atoms with Crippen LogP contribution in [0.15, 0.2) is 18.2 Å². The number of rotatable bonds is 3. The van der Waals surface area contributed by atoms with Crippen molar-refractivity contribution in [3.8, 4) is 5.75 Å². The molecular weight excluding hydrogens is 728 g/mol. The number of halogens is 12. The molecule has 0 atom stereocenters. The zero-order chi connectivity index (χ0) is 39.8. The van der Waals surface area contributed by atoms with Crippen LogP contribution in [0.4, 0.5) is 64.1 Å². The lowest BCUT2D eigenvalue weighted by Crippen LogP contribution is -2.52. The van der Waals surface area contributed by atoms with Gasteiger partial charge in [-0.15, -0.1) is 0 Å². The van der Waals surface area contributed by atoms with Gasteiger partial charge in [-0.25, -0.2) is 19.2 Å². The summed E-state index contributed by atoms with van der Waals surface area (Å²) in [7, 11) is 3.89. The van der Waals surface area contributed by atoms with Crippen LogP contribution in [-0.4, -0.2) is 138 Å². The molecule has 0 bridgehead atoms. The van der Waals surface area contributed by atoms with E-state index in [4.69, 9.17) is 50.1 Å². The van der Waals surface area contributed by atoms with Crippen LogP contribution in [0.2, 0.25) is 0 Å². The van der Waals surface area contributed by atoms with Crippen molar-refractivity contribution in [2.75, 3.05) is 64.1 Å². The number of carbonyl (C=O) groups is 4. The Labute approximate surface area is 274 Å². The second-order valence-electron chi connectivity index (χ2n) is 9.70. The largest absolute Gasteiger partial charge is 0.495 e. The minimum Gasteiger partial charge on any atom is -0.495 e. The molecule has 25 heteroatoms. The molecule has 3 rings (SSSR count). The van der Waals surface area contributed by atoms with Gasteiger partial charge in [-0.2, -0.15) is 52.7 Å². The van der Waals surface area contributed by atoms with Crippen molar-refractivity contribution in [1.82, 2.24) is 9.80 Å². The van der Waals surface area contributed by atoms with E-state index in [1.807, 2.05) is 6.07 Å². The Balaban J connectivity index is 0. The second kappa shape index (κ2) is 20.3. The van der Waals surface area contributed by atoms with Crippen molar-refractivity contribution in [3.63, 3.8) is 0 Å². The number of benzene rings is 1. The zero-order valence-electron chi connectivity index (χ0n) is 25.8. The van der Waals surface area contributed by atoms with Crippen LogP contribution in [0, 0.1) is 0 Å². The SMILES string of the molecule is COc1cc(N2CCC(N3CCN(C)CC3)CC2)ccc1N.O=C(O)C(F)(F)F.O=C(O)C(F)(F)F.O=C(O)C(F)(F)F.O=C(O)C(F)(F)F. The van der Waals surface area contributed by atoms with Crippen LogP contribution in [0.3, 0.4) is 0 Å². The molecule has 0 amide bonds. The van der Waals surface area contributed by atoms with Crippen LogP contribution in [0.25, 0.3) is 0 Å². The number of carboxylic acids is 4. The predicted molar refractivity (Wildman–Crippen MR) is 146 cm³/mol. The topological polar surface area (TPSA) is 194 Å². The minimum atomic E-state index is -5.08. The van der Waals surface area contributed by atoms with Crippen molar-refractivity contribution in [2.45, 2.75) is 43.6 Å². The third-order valence-corrected chi connectivity index (χ3v) is 6.07. The van der Waals surface area contributed by atoms with Gasteiger partial charge < -0.3 is 40.7 Å². The summed E-state index contributed by atoms with van der Waals surface area (Å²) < 4.78 is 132. The smallest absolute Gasteiger partial charge is 0.490 e. The van der Waals surface area contributed by atoms with Gasteiger partial charge in [-0.05, 0) is 32.0 Å². The number of ether oxygens (including phenoxy) is 1. The number of methoxy groups -OCH3 is 1. The molecule has 0 saturated carbocycles. The average molecular weight is 761 g/mol. The van der Waals surface area contributed by atoms with Crippen molar-refractivity contribution < 1.29 is 97.0 Å². The number of carboxylic acid groups (broad SMARTS) is 4. The molecule has 0 unspecified atom stereocenters. The minimum absolute atomic E-state index is 0.707. The lowest BCUT2D eigenvalue weighted by atomic mass is 10.0. The van der Waals surface area contributed by atoms with Crippen LogP contribution in [0.5, 0.6) is 5.75 Å². The molecule has 13 nitrogen and oxygen atoms in total. The van der Waals surface area contributed by atoms with Crippen LogP contribution in [0.1, 0.15) is 12.8 Å². The highest BCUT2D eigenvalue weighted by molar-refractivity contribution is 5.74. The predicted octanol–water partition coefficient (Wildman–Crippen LogP) is 4.03. The lowest BCUT2D eigenvalue weighted by molar-refractivity contribution is -0.193. The van der Waals surface area contributed by atoms with E-state index in [2.05, 4.69) is 33.9 Å². The van der Waals surface area contributed by atoms with Gasteiger partial charge in [0.25, 0.3) is 0 Å². The third-order valence-electron chi connectivity index (χ3n) is 6.07. The second-order valence-corrected chi connectivity index (χ2v) is 9.70. The van der Waals surface area contributed by atoms with E-state index in [1.165, 1.54) is 44.7 Å². The maximum Gasteiger partial charge on any atom is 0.490 e. The maximum atomic E-state index is 10.6. The fourth-order valence-corrected chi connectivity index (χ4v) is 3.57. The van der Waals surface area contributed by atoms with Crippen molar-refractivity contribution in [3.05, 3.63) is 18.2 Å². The van der Waals surface area contributed by atoms with Gasteiger partial charge in [-0.3, -0.25) is 4.90 Å². The summed E-state index contributed by atoms with van der Waals surface area (Å²) in [5.74, 6) is -10.3. The Hall–Kier alpha value is -4.42. The molecule has 290 valence electrons. The molecule has 6 N–H and O–H groups in total. The lowest BCUT2D eigenvalue weighted by Gasteiger charge is -2.42.